The molecule has 0 bridgehead atoms. The summed E-state index contributed by atoms with van der Waals surface area (Å²) in [6, 6.07) is 10.1. The molecule has 0 atom stereocenters. The minimum atomic E-state index is -4.43. The number of fused-ring (bicyclic) bond motifs is 1. The first kappa shape index (κ1) is 25.1. The Bertz CT molecular complexity index is 1340. The minimum Gasteiger partial charge on any atom is -0.503 e. The van der Waals surface area contributed by atoms with Gasteiger partial charge in [0, 0.05) is 0 Å². The highest BCUT2D eigenvalue weighted by Gasteiger charge is 2.25. The Hall–Kier alpha value is -3.55. The van der Waals surface area contributed by atoms with E-state index in [2.05, 4.69) is 4.98 Å². The summed E-state index contributed by atoms with van der Waals surface area (Å²) in [7, 11) is -3.25. The molecular formula is C21H20FN3O7S2. The fourth-order valence-electron chi connectivity index (χ4n) is 2.72. The van der Waals surface area contributed by atoms with Crippen LogP contribution >= 0.6 is 11.3 Å². The smallest absolute Gasteiger partial charge is 0.300 e. The number of hydrogen-bond donors (Lipinski definition) is 2. The van der Waals surface area contributed by atoms with Crippen LogP contribution in [0.2, 0.25) is 0 Å². The quantitative estimate of drug-likeness (QED) is 0.255. The van der Waals surface area contributed by atoms with E-state index in [1.165, 1.54) is 31.4 Å². The van der Waals surface area contributed by atoms with E-state index in [0.717, 1.165) is 16.4 Å². The number of thiazole rings is 1. The van der Waals surface area contributed by atoms with Gasteiger partial charge in [-0.15, -0.1) is 11.3 Å². The Kier molecular flexibility index (Phi) is 7.81. The number of carbonyl (C=O) groups excluding carboxylic acids is 2. The summed E-state index contributed by atoms with van der Waals surface area (Å²) in [5.41, 5.74) is 0.896. The summed E-state index contributed by atoms with van der Waals surface area (Å²) < 4.78 is 45.3. The van der Waals surface area contributed by atoms with Crippen LogP contribution in [-0.2, 0) is 31.0 Å². The molecule has 2 N–H and O–H groups in total. The zero-order valence-corrected chi connectivity index (χ0v) is 19.7. The van der Waals surface area contributed by atoms with E-state index in [1.807, 2.05) is 6.92 Å². The number of sulfonamides is 1. The van der Waals surface area contributed by atoms with Gasteiger partial charge < -0.3 is 9.84 Å². The lowest BCUT2D eigenvalue weighted by Gasteiger charge is -2.18. The van der Waals surface area contributed by atoms with Crippen molar-refractivity contribution in [2.24, 2.45) is 0 Å². The van der Waals surface area contributed by atoms with Gasteiger partial charge in [-0.25, -0.2) is 19.2 Å². The van der Waals surface area contributed by atoms with E-state index >= 15 is 0 Å². The molecule has 10 nitrogen and oxygen atoms in total. The number of halogens is 1. The van der Waals surface area contributed by atoms with Crippen molar-refractivity contribution in [1.29, 1.82) is 0 Å². The number of aromatic nitrogens is 1. The second-order valence-corrected chi connectivity index (χ2v) is 9.58. The number of rotatable bonds is 9. The van der Waals surface area contributed by atoms with Crippen molar-refractivity contribution in [1.82, 2.24) is 14.8 Å². The van der Waals surface area contributed by atoms with Crippen LogP contribution in [0.5, 0.6) is 5.75 Å². The lowest BCUT2D eigenvalue weighted by molar-refractivity contribution is -0.173. The van der Waals surface area contributed by atoms with Gasteiger partial charge in [-0.05, 0) is 42.8 Å². The van der Waals surface area contributed by atoms with Crippen LogP contribution < -0.4 is 9.46 Å². The predicted octanol–water partition coefficient (Wildman–Crippen LogP) is 2.67. The van der Waals surface area contributed by atoms with Gasteiger partial charge in [0.25, 0.3) is 21.8 Å². The molecule has 0 aliphatic heterocycles. The van der Waals surface area contributed by atoms with Crippen LogP contribution in [0.3, 0.4) is 0 Å². The average molecular weight is 510 g/mol. The largest absolute Gasteiger partial charge is 0.503 e. The zero-order chi connectivity index (χ0) is 24.9. The van der Waals surface area contributed by atoms with Gasteiger partial charge >= 0.3 is 0 Å². The van der Waals surface area contributed by atoms with Crippen LogP contribution in [0.1, 0.15) is 12.5 Å². The fourth-order valence-corrected chi connectivity index (χ4v) is 4.93. The van der Waals surface area contributed by atoms with Crippen molar-refractivity contribution in [3.05, 3.63) is 65.7 Å². The van der Waals surface area contributed by atoms with Crippen LogP contribution in [0.25, 0.3) is 10.2 Å². The molecule has 0 saturated heterocycles. The number of nitrogens with one attached hydrogen (secondary N) is 1. The number of nitrogens with zero attached hydrogens (tertiary/aromatic N) is 2. The molecule has 0 unspecified atom stereocenters. The van der Waals surface area contributed by atoms with Crippen molar-refractivity contribution < 1.29 is 37.1 Å². The number of amides is 2. The maximum Gasteiger partial charge on any atom is 0.300 e. The summed E-state index contributed by atoms with van der Waals surface area (Å²) in [4.78, 5) is 33.5. The first-order chi connectivity index (χ1) is 16.1. The standard InChI is InChI=1S/C21H20FN3O7S2/c1-3-32-15-8-9-16-18(10-15)33-21(23-16)34(29,30)24-20(28)17(26)11-19(27)25(31-2)12-13-4-6-14(22)7-5-13/h4-11,26H,3,12H2,1-2H3,(H,24,28). The van der Waals surface area contributed by atoms with Gasteiger partial charge in [0.05, 0.1) is 36.6 Å². The monoisotopic (exact) mass is 509 g/mol. The lowest BCUT2D eigenvalue weighted by Crippen LogP contribution is -2.33. The lowest BCUT2D eigenvalue weighted by atomic mass is 10.2. The van der Waals surface area contributed by atoms with E-state index in [4.69, 9.17) is 9.57 Å². The maximum atomic E-state index is 13.0. The van der Waals surface area contributed by atoms with E-state index in [-0.39, 0.29) is 6.54 Å². The van der Waals surface area contributed by atoms with E-state index in [0.29, 0.717) is 34.2 Å². The van der Waals surface area contributed by atoms with Crippen LogP contribution in [0.4, 0.5) is 4.39 Å². The van der Waals surface area contributed by atoms with Gasteiger partial charge in [0.1, 0.15) is 11.6 Å². The molecule has 2 amide bonds. The molecule has 0 aliphatic carbocycles. The van der Waals surface area contributed by atoms with Crippen molar-refractivity contribution in [2.75, 3.05) is 13.7 Å². The Morgan fingerprint density at radius 1 is 1.24 bits per heavy atom. The summed E-state index contributed by atoms with van der Waals surface area (Å²) in [5.74, 6) is -3.46. The maximum absolute atomic E-state index is 13.0. The zero-order valence-electron chi connectivity index (χ0n) is 18.0. The number of carbonyl (C=O) groups is 2. The Morgan fingerprint density at radius 2 is 1.94 bits per heavy atom. The molecule has 0 fully saturated rings. The molecule has 2 aromatic carbocycles. The fraction of sp³-hybridized carbons (Fsp3) is 0.190. The molecule has 180 valence electrons. The Labute approximate surface area is 198 Å². The highest BCUT2D eigenvalue weighted by molar-refractivity contribution is 7.92. The molecule has 3 aromatic rings. The van der Waals surface area contributed by atoms with Crippen LogP contribution in [0.15, 0.2) is 58.6 Å². The number of benzene rings is 2. The summed E-state index contributed by atoms with van der Waals surface area (Å²) in [6.07, 6.45) is 0.505. The molecule has 3 rings (SSSR count). The summed E-state index contributed by atoms with van der Waals surface area (Å²) in [6.45, 7) is 2.12. The SMILES string of the molecule is CCOc1ccc2nc(S(=O)(=O)NC(=O)C(O)=CC(=O)N(Cc3ccc(F)cc3)OC)sc2c1. The number of aliphatic hydroxyl groups excluding tert-OH is 1. The average Bonchev–Trinajstić information content (AvgIpc) is 3.23. The molecule has 0 saturated carbocycles. The molecule has 34 heavy (non-hydrogen) atoms. The molecule has 0 radical (unpaired) electrons. The molecule has 13 heteroatoms. The highest BCUT2D eigenvalue weighted by atomic mass is 32.2. The van der Waals surface area contributed by atoms with Crippen molar-refractivity contribution >= 4 is 43.4 Å². The third-order valence-corrected chi connectivity index (χ3v) is 7.03. The van der Waals surface area contributed by atoms with Crippen LogP contribution in [0, 0.1) is 5.82 Å². The normalized spacial score (nSPS) is 11.9. The topological polar surface area (TPSA) is 135 Å². The van der Waals surface area contributed by atoms with Gasteiger partial charge in [0.2, 0.25) is 4.34 Å². The number of hydrogen-bond acceptors (Lipinski definition) is 9. The van der Waals surface area contributed by atoms with Gasteiger partial charge in [-0.2, -0.15) is 8.42 Å². The predicted molar refractivity (Wildman–Crippen MR) is 121 cm³/mol. The van der Waals surface area contributed by atoms with E-state index in [1.54, 1.807) is 22.9 Å². The molecule has 1 aromatic heterocycles. The van der Waals surface area contributed by atoms with Gasteiger partial charge in [0.15, 0.2) is 5.76 Å². The number of hydroxylamine groups is 2. The van der Waals surface area contributed by atoms with E-state index in [9.17, 15) is 27.5 Å². The molecular weight excluding hydrogens is 489 g/mol. The number of aliphatic hydroxyl groups is 1. The first-order valence-electron chi connectivity index (χ1n) is 9.74. The molecule has 0 aliphatic rings. The Morgan fingerprint density at radius 3 is 2.59 bits per heavy atom. The number of ether oxygens (including phenoxy) is 1. The highest BCUT2D eigenvalue weighted by Crippen LogP contribution is 2.28. The van der Waals surface area contributed by atoms with E-state index < -0.39 is 37.8 Å². The molecule has 1 heterocycles. The third kappa shape index (κ3) is 6.07. The summed E-state index contributed by atoms with van der Waals surface area (Å²) in [5, 5.41) is 10.8. The second-order valence-electron chi connectivity index (χ2n) is 6.69. The summed E-state index contributed by atoms with van der Waals surface area (Å²) >= 11 is 0.806. The third-order valence-electron chi connectivity index (χ3n) is 4.31. The minimum absolute atomic E-state index is 0.116. The Balaban J connectivity index is 1.72. The van der Waals surface area contributed by atoms with Crippen molar-refractivity contribution in [3.8, 4) is 5.75 Å². The van der Waals surface area contributed by atoms with Gasteiger partial charge in [-0.3, -0.25) is 14.4 Å². The second kappa shape index (κ2) is 10.6. The molecule has 0 spiro atoms. The first-order valence-corrected chi connectivity index (χ1v) is 12.0. The van der Waals surface area contributed by atoms with Gasteiger partial charge in [-0.1, -0.05) is 12.1 Å². The van der Waals surface area contributed by atoms with Crippen LogP contribution in [-0.4, -0.2) is 49.1 Å². The van der Waals surface area contributed by atoms with Crippen molar-refractivity contribution in [3.63, 3.8) is 0 Å². The van der Waals surface area contributed by atoms with Crippen molar-refractivity contribution in [2.45, 2.75) is 17.8 Å².